The molecule has 2 rings (SSSR count). The maximum Gasteiger partial charge on any atom is 0.223 e. The lowest BCUT2D eigenvalue weighted by Crippen LogP contribution is -2.43. The zero-order valence-corrected chi connectivity index (χ0v) is 9.59. The van der Waals surface area contributed by atoms with Crippen molar-refractivity contribution in [2.75, 3.05) is 13.1 Å². The third kappa shape index (κ3) is 2.71. The molecule has 0 aromatic heterocycles. The molecule has 2 atom stereocenters. The lowest BCUT2D eigenvalue weighted by atomic mass is 9.88. The number of nitrogens with one attached hydrogen (secondary N) is 2. The normalized spacial score (nSPS) is 32.9. The second-order valence-electron chi connectivity index (χ2n) is 5.09. The largest absolute Gasteiger partial charge is 0.352 e. The summed E-state index contributed by atoms with van der Waals surface area (Å²) in [6.07, 6.45) is 5.97. The summed E-state index contributed by atoms with van der Waals surface area (Å²) >= 11 is 0. The Morgan fingerprint density at radius 2 is 1.93 bits per heavy atom. The van der Waals surface area contributed by atoms with Crippen molar-refractivity contribution in [1.29, 1.82) is 0 Å². The van der Waals surface area contributed by atoms with Crippen LogP contribution in [0.1, 0.15) is 39.0 Å². The topological polar surface area (TPSA) is 41.1 Å². The first-order chi connectivity index (χ1) is 7.27. The Kier molecular flexibility index (Phi) is 3.62. The van der Waals surface area contributed by atoms with E-state index < -0.39 is 0 Å². The minimum absolute atomic E-state index is 0.298. The summed E-state index contributed by atoms with van der Waals surface area (Å²) < 4.78 is 0. The van der Waals surface area contributed by atoms with Gasteiger partial charge in [0, 0.05) is 18.5 Å². The third-order valence-corrected chi connectivity index (χ3v) is 3.82. The van der Waals surface area contributed by atoms with E-state index >= 15 is 0 Å². The molecule has 1 saturated carbocycles. The molecule has 0 spiro atoms. The van der Waals surface area contributed by atoms with E-state index in [9.17, 15) is 4.79 Å². The van der Waals surface area contributed by atoms with Gasteiger partial charge in [0.05, 0.1) is 0 Å². The molecule has 0 aromatic rings. The van der Waals surface area contributed by atoms with E-state index in [4.69, 9.17) is 0 Å². The van der Waals surface area contributed by atoms with E-state index in [1.807, 2.05) is 0 Å². The van der Waals surface area contributed by atoms with Crippen LogP contribution in [0.3, 0.4) is 0 Å². The first kappa shape index (κ1) is 10.9. The van der Waals surface area contributed by atoms with Crippen LogP contribution in [0, 0.1) is 11.8 Å². The fraction of sp³-hybridized carbons (Fsp3) is 0.917. The van der Waals surface area contributed by atoms with Crippen LogP contribution in [0.4, 0.5) is 0 Å². The smallest absolute Gasteiger partial charge is 0.223 e. The van der Waals surface area contributed by atoms with Gasteiger partial charge in [0.15, 0.2) is 0 Å². The number of hydrogen-bond donors (Lipinski definition) is 2. The molecule has 1 heterocycles. The monoisotopic (exact) mass is 210 g/mol. The van der Waals surface area contributed by atoms with Crippen LogP contribution < -0.4 is 10.6 Å². The van der Waals surface area contributed by atoms with Crippen LogP contribution in [0.2, 0.25) is 0 Å². The second-order valence-corrected chi connectivity index (χ2v) is 5.09. The molecule has 2 unspecified atom stereocenters. The van der Waals surface area contributed by atoms with Gasteiger partial charge in [-0.05, 0) is 25.3 Å². The Balaban J connectivity index is 1.80. The fourth-order valence-electron chi connectivity index (χ4n) is 2.67. The van der Waals surface area contributed by atoms with Gasteiger partial charge in [-0.25, -0.2) is 0 Å². The molecule has 1 amide bonds. The van der Waals surface area contributed by atoms with E-state index in [0.29, 0.717) is 23.8 Å². The summed E-state index contributed by atoms with van der Waals surface area (Å²) in [5.74, 6) is 1.18. The van der Waals surface area contributed by atoms with E-state index in [2.05, 4.69) is 17.6 Å². The summed E-state index contributed by atoms with van der Waals surface area (Å²) in [6.45, 7) is 4.18. The zero-order chi connectivity index (χ0) is 10.7. The van der Waals surface area contributed by atoms with Gasteiger partial charge in [-0.1, -0.05) is 26.2 Å². The molecule has 0 bridgehead atoms. The molecule has 3 heteroatoms. The SMILES string of the molecule is CC1CNCC1NC(=O)C1CCCCC1. The van der Waals surface area contributed by atoms with Crippen LogP contribution in [0.25, 0.3) is 0 Å². The average Bonchev–Trinajstić information content (AvgIpc) is 2.66. The summed E-state index contributed by atoms with van der Waals surface area (Å²) in [7, 11) is 0. The Bertz CT molecular complexity index is 224. The van der Waals surface area contributed by atoms with Gasteiger partial charge in [-0.15, -0.1) is 0 Å². The van der Waals surface area contributed by atoms with Gasteiger partial charge in [0.2, 0.25) is 5.91 Å². The van der Waals surface area contributed by atoms with Crippen molar-refractivity contribution in [1.82, 2.24) is 10.6 Å². The Hall–Kier alpha value is -0.570. The first-order valence-corrected chi connectivity index (χ1v) is 6.28. The number of rotatable bonds is 2. The Morgan fingerprint density at radius 1 is 1.20 bits per heavy atom. The molecule has 2 fully saturated rings. The molecule has 0 radical (unpaired) electrons. The predicted molar refractivity (Wildman–Crippen MR) is 60.5 cm³/mol. The lowest BCUT2D eigenvalue weighted by molar-refractivity contribution is -0.126. The van der Waals surface area contributed by atoms with Gasteiger partial charge in [-0.3, -0.25) is 4.79 Å². The number of amides is 1. The molecular formula is C12H22N2O. The minimum atomic E-state index is 0.298. The van der Waals surface area contributed by atoms with Gasteiger partial charge in [0.1, 0.15) is 0 Å². The highest BCUT2D eigenvalue weighted by atomic mass is 16.1. The summed E-state index contributed by atoms with van der Waals surface area (Å²) in [5.41, 5.74) is 0. The van der Waals surface area contributed by atoms with Crippen molar-refractivity contribution in [3.8, 4) is 0 Å². The van der Waals surface area contributed by atoms with Crippen molar-refractivity contribution >= 4 is 5.91 Å². The van der Waals surface area contributed by atoms with Crippen molar-refractivity contribution < 1.29 is 4.79 Å². The van der Waals surface area contributed by atoms with Gasteiger partial charge in [-0.2, -0.15) is 0 Å². The molecular weight excluding hydrogens is 188 g/mol. The quantitative estimate of drug-likeness (QED) is 0.721. The summed E-state index contributed by atoms with van der Waals surface area (Å²) in [6, 6.07) is 0.361. The average molecular weight is 210 g/mol. The molecule has 86 valence electrons. The number of carbonyl (C=O) groups is 1. The number of carbonyl (C=O) groups excluding carboxylic acids is 1. The van der Waals surface area contributed by atoms with Crippen LogP contribution in [-0.2, 0) is 4.79 Å². The van der Waals surface area contributed by atoms with E-state index in [1.54, 1.807) is 0 Å². The highest BCUT2D eigenvalue weighted by Crippen LogP contribution is 2.24. The van der Waals surface area contributed by atoms with Crippen molar-refractivity contribution in [3.63, 3.8) is 0 Å². The molecule has 15 heavy (non-hydrogen) atoms. The maximum atomic E-state index is 12.0. The standard InChI is InChI=1S/C12H22N2O/c1-9-7-13-8-11(9)14-12(15)10-5-3-2-4-6-10/h9-11,13H,2-8H2,1H3,(H,14,15). The highest BCUT2D eigenvalue weighted by Gasteiger charge is 2.28. The molecule has 0 aromatic carbocycles. The van der Waals surface area contributed by atoms with E-state index in [-0.39, 0.29) is 0 Å². The fourth-order valence-corrected chi connectivity index (χ4v) is 2.67. The van der Waals surface area contributed by atoms with E-state index in [1.165, 1.54) is 19.3 Å². The third-order valence-electron chi connectivity index (χ3n) is 3.82. The second kappa shape index (κ2) is 4.97. The summed E-state index contributed by atoms with van der Waals surface area (Å²) in [4.78, 5) is 12.0. The number of hydrogen-bond acceptors (Lipinski definition) is 2. The molecule has 2 aliphatic rings. The molecule has 1 aliphatic heterocycles. The van der Waals surface area contributed by atoms with Crippen molar-refractivity contribution in [3.05, 3.63) is 0 Å². The molecule has 1 aliphatic carbocycles. The van der Waals surface area contributed by atoms with Gasteiger partial charge >= 0.3 is 0 Å². The maximum absolute atomic E-state index is 12.0. The minimum Gasteiger partial charge on any atom is -0.352 e. The molecule has 2 N–H and O–H groups in total. The lowest BCUT2D eigenvalue weighted by Gasteiger charge is -2.24. The summed E-state index contributed by atoms with van der Waals surface area (Å²) in [5, 5.41) is 6.51. The molecule has 1 saturated heterocycles. The van der Waals surface area contributed by atoms with Crippen molar-refractivity contribution in [2.24, 2.45) is 11.8 Å². The zero-order valence-electron chi connectivity index (χ0n) is 9.59. The predicted octanol–water partition coefficient (Wildman–Crippen LogP) is 1.29. The van der Waals surface area contributed by atoms with Gasteiger partial charge in [0.25, 0.3) is 0 Å². The van der Waals surface area contributed by atoms with Crippen LogP contribution in [0.5, 0.6) is 0 Å². The van der Waals surface area contributed by atoms with E-state index in [0.717, 1.165) is 25.9 Å². The first-order valence-electron chi connectivity index (χ1n) is 6.28. The highest BCUT2D eigenvalue weighted by molar-refractivity contribution is 5.79. The van der Waals surface area contributed by atoms with Gasteiger partial charge < -0.3 is 10.6 Å². The van der Waals surface area contributed by atoms with Crippen molar-refractivity contribution in [2.45, 2.75) is 45.1 Å². The van der Waals surface area contributed by atoms with Crippen LogP contribution in [0.15, 0.2) is 0 Å². The Labute approximate surface area is 92.0 Å². The molecule has 3 nitrogen and oxygen atoms in total. The van der Waals surface area contributed by atoms with Crippen LogP contribution >= 0.6 is 0 Å². The van der Waals surface area contributed by atoms with Crippen LogP contribution in [-0.4, -0.2) is 25.0 Å². The Morgan fingerprint density at radius 3 is 2.53 bits per heavy atom.